The molecule has 1 atom stereocenters. The molecule has 1 unspecified atom stereocenters. The largest absolute Gasteiger partial charge is 0.277 e. The van der Waals surface area contributed by atoms with E-state index in [0.717, 1.165) is 46.6 Å². The fourth-order valence-corrected chi connectivity index (χ4v) is 3.43. The summed E-state index contributed by atoms with van der Waals surface area (Å²) < 4.78 is 2.14. The first-order valence-corrected chi connectivity index (χ1v) is 8.17. The lowest BCUT2D eigenvalue weighted by molar-refractivity contribution is 0.567. The Balaban J connectivity index is 1.97. The molecular weight excluding hydrogens is 308 g/mol. The number of pyridine rings is 1. The smallest absolute Gasteiger partial charge is 0.187 e. The molecule has 23 heavy (non-hydrogen) atoms. The van der Waals surface area contributed by atoms with E-state index in [1.807, 2.05) is 31.2 Å². The lowest BCUT2D eigenvalue weighted by Crippen LogP contribution is -2.04. The average Bonchev–Trinajstić information content (AvgIpc) is 2.85. The molecule has 4 nitrogen and oxygen atoms in total. The Labute approximate surface area is 140 Å². The molecule has 0 N–H and O–H groups in total. The Kier molecular flexibility index (Phi) is 3.42. The van der Waals surface area contributed by atoms with Crippen LogP contribution in [0.15, 0.2) is 36.4 Å². The molecule has 4 rings (SSSR count). The summed E-state index contributed by atoms with van der Waals surface area (Å²) in [6, 6.07) is 12.0. The van der Waals surface area contributed by atoms with Crippen LogP contribution in [0.1, 0.15) is 24.0 Å². The van der Waals surface area contributed by atoms with Crippen LogP contribution in [0.25, 0.3) is 17.2 Å². The zero-order chi connectivity index (χ0) is 16.0. The molecule has 1 aliphatic rings. The molecule has 1 aliphatic heterocycles. The van der Waals surface area contributed by atoms with Crippen LogP contribution in [0.5, 0.6) is 0 Å². The number of aromatic nitrogens is 4. The van der Waals surface area contributed by atoms with Gasteiger partial charge in [-0.05, 0) is 55.2 Å². The first-order valence-electron chi connectivity index (χ1n) is 7.79. The summed E-state index contributed by atoms with van der Waals surface area (Å²) in [7, 11) is 0. The molecule has 0 spiro atoms. The minimum Gasteiger partial charge on any atom is -0.277 e. The zero-order valence-electron chi connectivity index (χ0n) is 13.1. The Morgan fingerprint density at radius 1 is 1.13 bits per heavy atom. The standard InChI is InChI=1S/C18H17ClN4/c1-11-8-13-10-14(19)6-7-16(13)23-17(9-11)21-22-18(23)15-5-3-4-12(2)20-15/h3-7,10-11H,8-9H2,1-2H3. The molecule has 5 heteroatoms. The summed E-state index contributed by atoms with van der Waals surface area (Å²) in [6.45, 7) is 4.22. The minimum atomic E-state index is 0.496. The fraction of sp³-hybridized carbons (Fsp3) is 0.278. The number of fused-ring (bicyclic) bond motifs is 3. The summed E-state index contributed by atoms with van der Waals surface area (Å²) in [4.78, 5) is 4.61. The van der Waals surface area contributed by atoms with Crippen LogP contribution >= 0.6 is 11.6 Å². The van der Waals surface area contributed by atoms with Gasteiger partial charge >= 0.3 is 0 Å². The molecule has 2 aromatic heterocycles. The molecule has 3 heterocycles. The van der Waals surface area contributed by atoms with Crippen LogP contribution in [0.3, 0.4) is 0 Å². The van der Waals surface area contributed by atoms with Crippen molar-refractivity contribution in [3.63, 3.8) is 0 Å². The van der Waals surface area contributed by atoms with E-state index < -0.39 is 0 Å². The van der Waals surface area contributed by atoms with Gasteiger partial charge in [0.15, 0.2) is 5.82 Å². The first-order chi connectivity index (χ1) is 11.1. The van der Waals surface area contributed by atoms with Gasteiger partial charge in [-0.25, -0.2) is 4.98 Å². The van der Waals surface area contributed by atoms with Crippen molar-refractivity contribution in [2.45, 2.75) is 26.7 Å². The van der Waals surface area contributed by atoms with Gasteiger partial charge in [-0.2, -0.15) is 0 Å². The Bertz CT molecular complexity index is 884. The first kappa shape index (κ1) is 14.4. The second-order valence-electron chi connectivity index (χ2n) is 6.23. The second kappa shape index (κ2) is 5.46. The molecule has 0 radical (unpaired) electrons. The molecule has 0 amide bonds. The number of hydrogen-bond acceptors (Lipinski definition) is 3. The summed E-state index contributed by atoms with van der Waals surface area (Å²) in [5, 5.41) is 9.62. The van der Waals surface area contributed by atoms with Gasteiger partial charge in [0.25, 0.3) is 0 Å². The van der Waals surface area contributed by atoms with Crippen LogP contribution in [-0.2, 0) is 12.8 Å². The lowest BCUT2D eigenvalue weighted by atomic mass is 9.98. The van der Waals surface area contributed by atoms with E-state index in [1.54, 1.807) is 0 Å². The number of aryl methyl sites for hydroxylation is 1. The maximum absolute atomic E-state index is 6.20. The van der Waals surface area contributed by atoms with Gasteiger partial charge in [0.1, 0.15) is 11.5 Å². The van der Waals surface area contributed by atoms with Crippen LogP contribution in [0.4, 0.5) is 0 Å². The van der Waals surface area contributed by atoms with Crippen molar-refractivity contribution in [1.29, 1.82) is 0 Å². The minimum absolute atomic E-state index is 0.496. The SMILES string of the molecule is Cc1cccc(-c2nnc3n2-c2ccc(Cl)cc2CC(C)C3)n1. The third kappa shape index (κ3) is 2.53. The normalized spacial score (nSPS) is 16.6. The fourth-order valence-electron chi connectivity index (χ4n) is 3.23. The third-order valence-electron chi connectivity index (χ3n) is 4.23. The Morgan fingerprint density at radius 2 is 2.00 bits per heavy atom. The quantitative estimate of drug-likeness (QED) is 0.679. The highest BCUT2D eigenvalue weighted by molar-refractivity contribution is 6.30. The van der Waals surface area contributed by atoms with Crippen LogP contribution in [0, 0.1) is 12.8 Å². The van der Waals surface area contributed by atoms with Crippen LogP contribution in [0.2, 0.25) is 5.02 Å². The molecule has 0 bridgehead atoms. The van der Waals surface area contributed by atoms with Crippen molar-refractivity contribution in [3.8, 4) is 17.2 Å². The zero-order valence-corrected chi connectivity index (χ0v) is 13.9. The van der Waals surface area contributed by atoms with E-state index in [9.17, 15) is 0 Å². The van der Waals surface area contributed by atoms with E-state index in [4.69, 9.17) is 11.6 Å². The maximum Gasteiger partial charge on any atom is 0.187 e. The molecule has 0 fully saturated rings. The highest BCUT2D eigenvalue weighted by Gasteiger charge is 2.24. The van der Waals surface area contributed by atoms with Gasteiger partial charge in [-0.1, -0.05) is 24.6 Å². The van der Waals surface area contributed by atoms with Crippen molar-refractivity contribution in [2.24, 2.45) is 5.92 Å². The van der Waals surface area contributed by atoms with Crippen molar-refractivity contribution >= 4 is 11.6 Å². The predicted octanol–water partition coefficient (Wildman–Crippen LogP) is 4.03. The number of nitrogens with zero attached hydrogens (tertiary/aromatic N) is 4. The number of halogens is 1. The van der Waals surface area contributed by atoms with Gasteiger partial charge in [0, 0.05) is 17.1 Å². The van der Waals surface area contributed by atoms with Crippen molar-refractivity contribution in [1.82, 2.24) is 19.7 Å². The molecule has 0 saturated carbocycles. The number of hydrogen-bond donors (Lipinski definition) is 0. The highest BCUT2D eigenvalue weighted by Crippen LogP contribution is 2.31. The summed E-state index contributed by atoms with van der Waals surface area (Å²) >= 11 is 6.20. The highest BCUT2D eigenvalue weighted by atomic mass is 35.5. The van der Waals surface area contributed by atoms with Crippen molar-refractivity contribution in [3.05, 3.63) is 58.5 Å². The third-order valence-corrected chi connectivity index (χ3v) is 4.46. The van der Waals surface area contributed by atoms with E-state index in [2.05, 4.69) is 38.8 Å². The Morgan fingerprint density at radius 3 is 2.83 bits per heavy atom. The van der Waals surface area contributed by atoms with Crippen LogP contribution in [-0.4, -0.2) is 19.7 Å². The van der Waals surface area contributed by atoms with E-state index in [1.165, 1.54) is 5.56 Å². The predicted molar refractivity (Wildman–Crippen MR) is 90.9 cm³/mol. The van der Waals surface area contributed by atoms with Gasteiger partial charge in [0.2, 0.25) is 0 Å². The van der Waals surface area contributed by atoms with E-state index >= 15 is 0 Å². The van der Waals surface area contributed by atoms with E-state index in [0.29, 0.717) is 5.92 Å². The van der Waals surface area contributed by atoms with Gasteiger partial charge < -0.3 is 0 Å². The van der Waals surface area contributed by atoms with Crippen molar-refractivity contribution in [2.75, 3.05) is 0 Å². The molecule has 0 aliphatic carbocycles. The molecule has 3 aromatic rings. The number of rotatable bonds is 1. The summed E-state index contributed by atoms with van der Waals surface area (Å²) in [5.41, 5.74) is 4.16. The topological polar surface area (TPSA) is 43.6 Å². The molecule has 116 valence electrons. The van der Waals surface area contributed by atoms with Crippen LogP contribution < -0.4 is 0 Å². The lowest BCUT2D eigenvalue weighted by Gasteiger charge is -2.12. The summed E-state index contributed by atoms with van der Waals surface area (Å²) in [5.74, 6) is 2.27. The molecule has 0 saturated heterocycles. The van der Waals surface area contributed by atoms with Gasteiger partial charge in [-0.3, -0.25) is 4.57 Å². The second-order valence-corrected chi connectivity index (χ2v) is 6.66. The van der Waals surface area contributed by atoms with Gasteiger partial charge in [-0.15, -0.1) is 10.2 Å². The molecular formula is C18H17ClN4. The average molecular weight is 325 g/mol. The molecule has 1 aromatic carbocycles. The number of benzene rings is 1. The van der Waals surface area contributed by atoms with Gasteiger partial charge in [0.05, 0.1) is 5.69 Å². The monoisotopic (exact) mass is 324 g/mol. The Hall–Kier alpha value is -2.20. The summed E-state index contributed by atoms with van der Waals surface area (Å²) in [6.07, 6.45) is 1.88. The van der Waals surface area contributed by atoms with Crippen molar-refractivity contribution < 1.29 is 0 Å². The maximum atomic E-state index is 6.20. The van der Waals surface area contributed by atoms with E-state index in [-0.39, 0.29) is 0 Å².